The molecule has 1 heterocycles. The first-order valence-electron chi connectivity index (χ1n) is 8.77. The molecule has 0 bridgehead atoms. The number of aryl methyl sites for hydroxylation is 1. The van der Waals surface area contributed by atoms with Crippen LogP contribution in [0.25, 0.3) is 5.69 Å². The molecule has 1 aromatic heterocycles. The predicted molar refractivity (Wildman–Crippen MR) is 98.5 cm³/mol. The number of nitrogens with one attached hydrogen (secondary N) is 1. The first-order chi connectivity index (χ1) is 12.1. The van der Waals surface area contributed by atoms with E-state index in [4.69, 9.17) is 4.74 Å². The third kappa shape index (κ3) is 4.89. The average molecular weight is 347 g/mol. The zero-order valence-corrected chi connectivity index (χ0v) is 15.1. The molecule has 5 nitrogen and oxygen atoms in total. The molecule has 0 saturated carbocycles. The van der Waals surface area contributed by atoms with Gasteiger partial charge in [-0.3, -0.25) is 14.9 Å². The van der Waals surface area contributed by atoms with Gasteiger partial charge in [0.15, 0.2) is 0 Å². The van der Waals surface area contributed by atoms with E-state index in [9.17, 15) is 9.18 Å². The average Bonchev–Trinajstić information content (AvgIpc) is 2.92. The molecule has 1 aromatic carbocycles. The number of nitrogens with zero attached hydrogens (tertiary/aromatic N) is 2. The summed E-state index contributed by atoms with van der Waals surface area (Å²) in [5, 5.41) is 3.15. The van der Waals surface area contributed by atoms with Crippen LogP contribution >= 0.6 is 0 Å². The van der Waals surface area contributed by atoms with Crippen LogP contribution in [0.3, 0.4) is 0 Å². The largest absolute Gasteiger partial charge is 0.382 e. The van der Waals surface area contributed by atoms with Crippen LogP contribution in [-0.2, 0) is 11.2 Å². The summed E-state index contributed by atoms with van der Waals surface area (Å²) in [5.41, 5.74) is 2.66. The maximum absolute atomic E-state index is 13.1. The summed E-state index contributed by atoms with van der Waals surface area (Å²) in [6, 6.07) is 5.86. The van der Waals surface area contributed by atoms with Gasteiger partial charge < -0.3 is 4.74 Å². The van der Waals surface area contributed by atoms with Crippen LogP contribution in [0.4, 0.5) is 4.39 Å². The minimum atomic E-state index is -0.329. The van der Waals surface area contributed by atoms with E-state index in [0.717, 1.165) is 30.7 Å². The van der Waals surface area contributed by atoms with Crippen molar-refractivity contribution in [2.24, 2.45) is 4.99 Å². The van der Waals surface area contributed by atoms with Crippen LogP contribution in [0.2, 0.25) is 0 Å². The number of aromatic nitrogens is 2. The van der Waals surface area contributed by atoms with Gasteiger partial charge in [0.25, 0.3) is 5.56 Å². The molecule has 2 aromatic rings. The van der Waals surface area contributed by atoms with E-state index >= 15 is 0 Å². The van der Waals surface area contributed by atoms with Crippen molar-refractivity contribution in [3.8, 4) is 5.69 Å². The van der Waals surface area contributed by atoms with Gasteiger partial charge >= 0.3 is 0 Å². The van der Waals surface area contributed by atoms with Crippen LogP contribution in [0.5, 0.6) is 0 Å². The Morgan fingerprint density at radius 1 is 1.28 bits per heavy atom. The molecule has 0 saturated heterocycles. The second-order valence-corrected chi connectivity index (χ2v) is 5.85. The fraction of sp³-hybridized carbons (Fsp3) is 0.474. The van der Waals surface area contributed by atoms with E-state index in [2.05, 4.69) is 17.0 Å². The normalized spacial score (nSPS) is 11.9. The highest BCUT2D eigenvalue weighted by atomic mass is 19.1. The Labute approximate surface area is 147 Å². The quantitative estimate of drug-likeness (QED) is 0.557. The second-order valence-electron chi connectivity index (χ2n) is 5.85. The van der Waals surface area contributed by atoms with Crippen molar-refractivity contribution >= 4 is 5.71 Å². The number of halogens is 1. The lowest BCUT2D eigenvalue weighted by Gasteiger charge is -2.02. The number of ether oxygens (including phenoxy) is 1. The van der Waals surface area contributed by atoms with Gasteiger partial charge in [0.1, 0.15) is 5.82 Å². The Balaban J connectivity index is 2.31. The first kappa shape index (κ1) is 19.1. The molecule has 136 valence electrons. The molecule has 0 unspecified atom stereocenters. The Morgan fingerprint density at radius 3 is 2.64 bits per heavy atom. The Bertz CT molecular complexity index is 760. The van der Waals surface area contributed by atoms with Crippen molar-refractivity contribution < 1.29 is 9.13 Å². The number of aliphatic imine (C=N–C) groups is 1. The van der Waals surface area contributed by atoms with E-state index in [1.807, 2.05) is 13.8 Å². The molecule has 1 N–H and O–H groups in total. The van der Waals surface area contributed by atoms with Crippen LogP contribution in [0.1, 0.15) is 44.9 Å². The fourth-order valence-corrected chi connectivity index (χ4v) is 2.70. The van der Waals surface area contributed by atoms with Crippen molar-refractivity contribution in [3.63, 3.8) is 0 Å². The molecule has 2 rings (SSSR count). The summed E-state index contributed by atoms with van der Waals surface area (Å²) in [6.07, 6.45) is 2.49. The molecule has 25 heavy (non-hydrogen) atoms. The van der Waals surface area contributed by atoms with Crippen molar-refractivity contribution in [2.45, 2.75) is 40.0 Å². The van der Waals surface area contributed by atoms with Crippen molar-refractivity contribution in [2.75, 3.05) is 19.8 Å². The number of hydrogen-bond donors (Lipinski definition) is 1. The maximum Gasteiger partial charge on any atom is 0.280 e. The minimum absolute atomic E-state index is 0.152. The Morgan fingerprint density at radius 2 is 2.00 bits per heavy atom. The molecule has 0 spiro atoms. The van der Waals surface area contributed by atoms with Crippen LogP contribution in [-0.4, -0.2) is 35.3 Å². The highest BCUT2D eigenvalue weighted by Crippen LogP contribution is 2.12. The Kier molecular flexibility index (Phi) is 7.13. The molecule has 0 aliphatic carbocycles. The van der Waals surface area contributed by atoms with E-state index in [1.165, 1.54) is 16.8 Å². The number of aromatic amines is 1. The Hall–Kier alpha value is -2.21. The smallest absolute Gasteiger partial charge is 0.280 e. The molecule has 0 atom stereocenters. The van der Waals surface area contributed by atoms with Crippen molar-refractivity contribution in [1.82, 2.24) is 9.78 Å². The zero-order chi connectivity index (χ0) is 18.2. The summed E-state index contributed by atoms with van der Waals surface area (Å²) in [7, 11) is 0. The lowest BCUT2D eigenvalue weighted by atomic mass is 10.1. The van der Waals surface area contributed by atoms with Crippen LogP contribution in [0, 0.1) is 5.82 Å². The third-order valence-electron chi connectivity index (χ3n) is 3.91. The standard InChI is InChI=1S/C19H26FN3O2/c1-4-7-17-18(14(3)21-12-6-13-25-5-2)19(24)23(22-17)16-10-8-15(20)9-11-16/h8-11,22H,4-7,12-13H2,1-3H3. The highest BCUT2D eigenvalue weighted by molar-refractivity contribution is 5.99. The SMILES string of the molecule is CCCc1[nH]n(-c2ccc(F)cc2)c(=O)c1C(C)=NCCCOCC. The molecule has 0 aliphatic rings. The number of H-pyrrole nitrogens is 1. The predicted octanol–water partition coefficient (Wildman–Crippen LogP) is 3.49. The monoisotopic (exact) mass is 347 g/mol. The van der Waals surface area contributed by atoms with Crippen LogP contribution < -0.4 is 5.56 Å². The molecule has 0 radical (unpaired) electrons. The fourth-order valence-electron chi connectivity index (χ4n) is 2.70. The summed E-state index contributed by atoms with van der Waals surface area (Å²) in [5.74, 6) is -0.329. The molecular weight excluding hydrogens is 321 g/mol. The van der Waals surface area contributed by atoms with Gasteiger partial charge in [-0.25, -0.2) is 9.07 Å². The lowest BCUT2D eigenvalue weighted by molar-refractivity contribution is 0.146. The van der Waals surface area contributed by atoms with Crippen molar-refractivity contribution in [3.05, 3.63) is 51.7 Å². The molecule has 0 fully saturated rings. The van der Waals surface area contributed by atoms with Gasteiger partial charge in [-0.15, -0.1) is 0 Å². The number of benzene rings is 1. The van der Waals surface area contributed by atoms with Gasteiger partial charge in [0, 0.05) is 31.2 Å². The highest BCUT2D eigenvalue weighted by Gasteiger charge is 2.17. The van der Waals surface area contributed by atoms with E-state index in [0.29, 0.717) is 31.0 Å². The third-order valence-corrected chi connectivity index (χ3v) is 3.91. The maximum atomic E-state index is 13.1. The van der Waals surface area contributed by atoms with Gasteiger partial charge in [-0.05, 0) is 51.0 Å². The van der Waals surface area contributed by atoms with Crippen LogP contribution in [0.15, 0.2) is 34.1 Å². The van der Waals surface area contributed by atoms with E-state index in [-0.39, 0.29) is 11.4 Å². The second kappa shape index (κ2) is 9.32. The molecule has 6 heteroatoms. The molecular formula is C19H26FN3O2. The molecule has 0 amide bonds. The van der Waals surface area contributed by atoms with Gasteiger partial charge in [0.05, 0.1) is 11.3 Å². The zero-order valence-electron chi connectivity index (χ0n) is 15.1. The van der Waals surface area contributed by atoms with Gasteiger partial charge in [-0.2, -0.15) is 0 Å². The van der Waals surface area contributed by atoms with E-state index < -0.39 is 0 Å². The number of rotatable bonds is 9. The number of hydrogen-bond acceptors (Lipinski definition) is 3. The lowest BCUT2D eigenvalue weighted by Crippen LogP contribution is -2.20. The summed E-state index contributed by atoms with van der Waals surface area (Å²) in [6.45, 7) is 7.87. The topological polar surface area (TPSA) is 59.4 Å². The minimum Gasteiger partial charge on any atom is -0.382 e. The summed E-state index contributed by atoms with van der Waals surface area (Å²) >= 11 is 0. The summed E-state index contributed by atoms with van der Waals surface area (Å²) < 4.78 is 19.9. The van der Waals surface area contributed by atoms with E-state index in [1.54, 1.807) is 12.1 Å². The van der Waals surface area contributed by atoms with Gasteiger partial charge in [-0.1, -0.05) is 13.3 Å². The van der Waals surface area contributed by atoms with Gasteiger partial charge in [0.2, 0.25) is 0 Å². The van der Waals surface area contributed by atoms with Crippen molar-refractivity contribution in [1.29, 1.82) is 0 Å². The first-order valence-corrected chi connectivity index (χ1v) is 8.77. The molecule has 0 aliphatic heterocycles. The summed E-state index contributed by atoms with van der Waals surface area (Å²) in [4.78, 5) is 17.4.